The number of hydrogen-bond acceptors (Lipinski definition) is 2. The lowest BCUT2D eigenvalue weighted by Gasteiger charge is -2.14. The Morgan fingerprint density at radius 1 is 1.29 bits per heavy atom. The van der Waals surface area contributed by atoms with Crippen molar-refractivity contribution in [3.8, 4) is 0 Å². The molecule has 1 saturated heterocycles. The quantitative estimate of drug-likeness (QED) is 0.920. The van der Waals surface area contributed by atoms with Gasteiger partial charge < -0.3 is 5.32 Å². The highest BCUT2D eigenvalue weighted by molar-refractivity contribution is 6.33. The molecule has 0 spiro atoms. The Morgan fingerprint density at radius 3 is 2.59 bits per heavy atom. The summed E-state index contributed by atoms with van der Waals surface area (Å²) in [7, 11) is 0. The average molecular weight is 275 g/mol. The number of halogens is 2. The number of amides is 1. The first-order valence-electron chi connectivity index (χ1n) is 5.52. The third kappa shape index (κ3) is 4.19. The van der Waals surface area contributed by atoms with Crippen LogP contribution in [-0.2, 0) is 4.79 Å². The molecule has 1 fully saturated rings. The largest absolute Gasteiger partial charge is 0.324 e. The molecule has 94 valence electrons. The van der Waals surface area contributed by atoms with Crippen LogP contribution in [-0.4, -0.2) is 30.4 Å². The predicted molar refractivity (Wildman–Crippen MR) is 73.0 cm³/mol. The molecule has 0 unspecified atom stereocenters. The van der Waals surface area contributed by atoms with Crippen molar-refractivity contribution in [1.82, 2.24) is 4.90 Å². The van der Waals surface area contributed by atoms with Gasteiger partial charge in [-0.05, 0) is 38.1 Å². The van der Waals surface area contributed by atoms with Gasteiger partial charge in [-0.2, -0.15) is 0 Å². The second kappa shape index (κ2) is 6.84. The summed E-state index contributed by atoms with van der Waals surface area (Å²) in [6, 6.07) is 7.28. The minimum absolute atomic E-state index is 0. The Hall–Kier alpha value is -0.770. The molecule has 1 aliphatic rings. The lowest BCUT2D eigenvalue weighted by molar-refractivity contribution is -0.117. The van der Waals surface area contributed by atoms with Crippen LogP contribution in [0.5, 0.6) is 0 Å². The molecule has 0 aromatic heterocycles. The van der Waals surface area contributed by atoms with E-state index in [9.17, 15) is 4.79 Å². The molecule has 1 N–H and O–H groups in total. The lowest BCUT2D eigenvalue weighted by Crippen LogP contribution is -2.30. The molecule has 1 amide bonds. The van der Waals surface area contributed by atoms with Crippen LogP contribution in [0.1, 0.15) is 12.8 Å². The van der Waals surface area contributed by atoms with Crippen LogP contribution in [0.3, 0.4) is 0 Å². The summed E-state index contributed by atoms with van der Waals surface area (Å²) in [6.07, 6.45) is 2.39. The third-order valence-electron chi connectivity index (χ3n) is 2.71. The number of benzene rings is 1. The van der Waals surface area contributed by atoms with Gasteiger partial charge in [0.05, 0.1) is 17.3 Å². The highest BCUT2D eigenvalue weighted by Gasteiger charge is 2.15. The number of carbonyl (C=O) groups is 1. The van der Waals surface area contributed by atoms with E-state index in [1.807, 2.05) is 18.2 Å². The summed E-state index contributed by atoms with van der Waals surface area (Å²) in [5, 5.41) is 3.41. The minimum atomic E-state index is 0. The Morgan fingerprint density at radius 2 is 1.94 bits per heavy atom. The molecule has 3 nitrogen and oxygen atoms in total. The topological polar surface area (TPSA) is 32.3 Å². The fourth-order valence-corrected chi connectivity index (χ4v) is 2.08. The maximum atomic E-state index is 11.7. The molecule has 1 aliphatic heterocycles. The number of carbonyl (C=O) groups excluding carboxylic acids is 1. The first-order chi connectivity index (χ1) is 7.75. The molecule has 17 heavy (non-hydrogen) atoms. The molecule has 1 aromatic carbocycles. The molecule has 2 rings (SSSR count). The maximum absolute atomic E-state index is 11.7. The van der Waals surface area contributed by atoms with E-state index in [0.29, 0.717) is 17.3 Å². The van der Waals surface area contributed by atoms with E-state index in [0.717, 1.165) is 13.1 Å². The van der Waals surface area contributed by atoms with Crippen molar-refractivity contribution in [2.45, 2.75) is 12.8 Å². The van der Waals surface area contributed by atoms with E-state index >= 15 is 0 Å². The van der Waals surface area contributed by atoms with Crippen molar-refractivity contribution < 1.29 is 4.79 Å². The van der Waals surface area contributed by atoms with Crippen molar-refractivity contribution in [1.29, 1.82) is 0 Å². The second-order valence-electron chi connectivity index (χ2n) is 4.01. The smallest absolute Gasteiger partial charge is 0.238 e. The molecule has 0 atom stereocenters. The van der Waals surface area contributed by atoms with Gasteiger partial charge >= 0.3 is 0 Å². The predicted octanol–water partition coefficient (Wildman–Crippen LogP) is 2.80. The van der Waals surface area contributed by atoms with Crippen LogP contribution in [0, 0.1) is 0 Å². The standard InChI is InChI=1S/C12H15ClN2O.ClH/c13-10-5-1-2-6-11(10)14-12(16)9-15-7-3-4-8-15;/h1-2,5-6H,3-4,7-9H2,(H,14,16);1H. The molecular weight excluding hydrogens is 259 g/mol. The first-order valence-corrected chi connectivity index (χ1v) is 5.90. The molecular formula is C12H16Cl2N2O. The fraction of sp³-hybridized carbons (Fsp3) is 0.417. The Kier molecular flexibility index (Phi) is 5.75. The van der Waals surface area contributed by atoms with E-state index in [1.54, 1.807) is 6.07 Å². The van der Waals surface area contributed by atoms with E-state index in [-0.39, 0.29) is 18.3 Å². The maximum Gasteiger partial charge on any atom is 0.238 e. The Labute approximate surface area is 113 Å². The Bertz CT molecular complexity index is 379. The zero-order valence-electron chi connectivity index (χ0n) is 9.49. The van der Waals surface area contributed by atoms with Crippen molar-refractivity contribution in [3.63, 3.8) is 0 Å². The van der Waals surface area contributed by atoms with Gasteiger partial charge in [-0.25, -0.2) is 0 Å². The van der Waals surface area contributed by atoms with Gasteiger partial charge in [0, 0.05) is 0 Å². The van der Waals surface area contributed by atoms with Crippen molar-refractivity contribution >= 4 is 35.6 Å². The van der Waals surface area contributed by atoms with E-state index in [4.69, 9.17) is 11.6 Å². The molecule has 0 aliphatic carbocycles. The van der Waals surface area contributed by atoms with Crippen LogP contribution in [0.25, 0.3) is 0 Å². The minimum Gasteiger partial charge on any atom is -0.324 e. The van der Waals surface area contributed by atoms with Gasteiger partial charge in [0.2, 0.25) is 5.91 Å². The summed E-state index contributed by atoms with van der Waals surface area (Å²) in [4.78, 5) is 13.9. The average Bonchev–Trinajstić information content (AvgIpc) is 2.74. The third-order valence-corrected chi connectivity index (χ3v) is 3.04. The number of rotatable bonds is 3. The van der Waals surface area contributed by atoms with Crippen molar-refractivity contribution in [2.75, 3.05) is 25.0 Å². The zero-order valence-corrected chi connectivity index (χ0v) is 11.1. The van der Waals surface area contributed by atoms with E-state index in [1.165, 1.54) is 12.8 Å². The van der Waals surface area contributed by atoms with Gasteiger partial charge in [-0.3, -0.25) is 9.69 Å². The van der Waals surface area contributed by atoms with Gasteiger partial charge in [0.1, 0.15) is 0 Å². The number of para-hydroxylation sites is 1. The number of anilines is 1. The van der Waals surface area contributed by atoms with Crippen molar-refractivity contribution in [3.05, 3.63) is 29.3 Å². The molecule has 0 bridgehead atoms. The summed E-state index contributed by atoms with van der Waals surface area (Å²) in [5.41, 5.74) is 0.688. The monoisotopic (exact) mass is 274 g/mol. The highest BCUT2D eigenvalue weighted by Crippen LogP contribution is 2.20. The summed E-state index contributed by atoms with van der Waals surface area (Å²) < 4.78 is 0. The number of likely N-dealkylation sites (tertiary alicyclic amines) is 1. The molecule has 1 aromatic rings. The van der Waals surface area contributed by atoms with Gasteiger partial charge in [-0.15, -0.1) is 12.4 Å². The van der Waals surface area contributed by atoms with Crippen molar-refractivity contribution in [2.24, 2.45) is 0 Å². The molecule has 5 heteroatoms. The first kappa shape index (κ1) is 14.3. The number of nitrogens with zero attached hydrogens (tertiary/aromatic N) is 1. The van der Waals surface area contributed by atoms with Gasteiger partial charge in [-0.1, -0.05) is 23.7 Å². The Balaban J connectivity index is 0.00000144. The highest BCUT2D eigenvalue weighted by atomic mass is 35.5. The van der Waals surface area contributed by atoms with Crippen LogP contribution >= 0.6 is 24.0 Å². The van der Waals surface area contributed by atoms with Crippen LogP contribution < -0.4 is 5.32 Å². The molecule has 0 radical (unpaired) electrons. The van der Waals surface area contributed by atoms with Gasteiger partial charge in [0.25, 0.3) is 0 Å². The summed E-state index contributed by atoms with van der Waals surface area (Å²) in [5.74, 6) is 0.00926. The van der Waals surface area contributed by atoms with Crippen LogP contribution in [0.4, 0.5) is 5.69 Å². The van der Waals surface area contributed by atoms with Crippen LogP contribution in [0.2, 0.25) is 5.02 Å². The van der Waals surface area contributed by atoms with Gasteiger partial charge in [0.15, 0.2) is 0 Å². The zero-order chi connectivity index (χ0) is 11.4. The summed E-state index contributed by atoms with van der Waals surface area (Å²) >= 11 is 5.96. The second-order valence-corrected chi connectivity index (χ2v) is 4.42. The SMILES string of the molecule is Cl.O=C(CN1CCCC1)Nc1ccccc1Cl. The summed E-state index contributed by atoms with van der Waals surface area (Å²) in [6.45, 7) is 2.51. The lowest BCUT2D eigenvalue weighted by atomic mass is 10.3. The fourth-order valence-electron chi connectivity index (χ4n) is 1.90. The molecule has 1 heterocycles. The van der Waals surface area contributed by atoms with E-state index in [2.05, 4.69) is 10.2 Å². The van der Waals surface area contributed by atoms with Crippen LogP contribution in [0.15, 0.2) is 24.3 Å². The number of nitrogens with one attached hydrogen (secondary N) is 1. The molecule has 0 saturated carbocycles. The number of hydrogen-bond donors (Lipinski definition) is 1. The normalized spacial score (nSPS) is 15.4. The van der Waals surface area contributed by atoms with E-state index < -0.39 is 0 Å².